The summed E-state index contributed by atoms with van der Waals surface area (Å²) >= 11 is 0. The molecular formula is C51H37N4O+. The number of benzene rings is 7. The quantitative estimate of drug-likeness (QED) is 0.180. The monoisotopic (exact) mass is 721 g/mol. The van der Waals surface area contributed by atoms with Crippen molar-refractivity contribution >= 4 is 33.5 Å². The van der Waals surface area contributed by atoms with Crippen LogP contribution < -0.4 is 15.0 Å². The van der Waals surface area contributed by atoms with E-state index in [0.29, 0.717) is 0 Å². The topological polar surface area (TPSA) is 52.5 Å². The number of nitrogens with one attached hydrogen (secondary N) is 2. The molecule has 8 aromatic rings. The molecule has 5 nitrogen and oxygen atoms in total. The lowest BCUT2D eigenvalue weighted by atomic mass is 9.90. The first kappa shape index (κ1) is 32.2. The first-order valence-electron chi connectivity index (χ1n) is 19.2. The van der Waals surface area contributed by atoms with Gasteiger partial charge in [-0.3, -0.25) is 0 Å². The van der Waals surface area contributed by atoms with E-state index < -0.39 is 0 Å². The van der Waals surface area contributed by atoms with E-state index in [-0.39, 0.29) is 18.2 Å². The van der Waals surface area contributed by atoms with E-state index in [1.165, 1.54) is 27.5 Å². The molecule has 0 bridgehead atoms. The number of aromatic nitrogens is 1. The molecule has 5 heteroatoms. The Kier molecular flexibility index (Phi) is 7.62. The molecule has 2 N–H and O–H groups in total. The third kappa shape index (κ3) is 5.47. The van der Waals surface area contributed by atoms with E-state index in [0.717, 1.165) is 62.0 Å². The van der Waals surface area contributed by atoms with Crippen LogP contribution in [0, 0.1) is 0 Å². The predicted octanol–water partition coefficient (Wildman–Crippen LogP) is 9.66. The lowest BCUT2D eigenvalue weighted by Gasteiger charge is -2.18. The van der Waals surface area contributed by atoms with Gasteiger partial charge in [0.1, 0.15) is 11.9 Å². The minimum absolute atomic E-state index is 0.0337. The maximum absolute atomic E-state index is 6.62. The fraction of sp³-hybridized carbons (Fsp3) is 0.0588. The Labute approximate surface area is 325 Å². The van der Waals surface area contributed by atoms with Gasteiger partial charge in [0.05, 0.1) is 16.6 Å². The van der Waals surface area contributed by atoms with E-state index in [9.17, 15) is 0 Å². The minimum Gasteiger partial charge on any atom is -0.484 e. The van der Waals surface area contributed by atoms with E-state index >= 15 is 0 Å². The van der Waals surface area contributed by atoms with Gasteiger partial charge in [-0.1, -0.05) is 127 Å². The highest BCUT2D eigenvalue weighted by molar-refractivity contribution is 6.14. The first-order chi connectivity index (χ1) is 27.7. The van der Waals surface area contributed by atoms with Crippen molar-refractivity contribution in [1.82, 2.24) is 9.88 Å². The van der Waals surface area contributed by atoms with Crippen LogP contribution in [-0.2, 0) is 0 Å². The van der Waals surface area contributed by atoms with E-state index in [4.69, 9.17) is 9.73 Å². The van der Waals surface area contributed by atoms with Gasteiger partial charge in [0.25, 0.3) is 5.84 Å². The number of para-hydroxylation sites is 1. The summed E-state index contributed by atoms with van der Waals surface area (Å²) in [6, 6.07) is 60.4. The van der Waals surface area contributed by atoms with Crippen molar-refractivity contribution in [3.8, 4) is 33.7 Å². The Bertz CT molecular complexity index is 2870. The van der Waals surface area contributed by atoms with Crippen LogP contribution in [0.5, 0.6) is 5.75 Å². The van der Waals surface area contributed by atoms with Crippen LogP contribution in [0.4, 0.5) is 0 Å². The van der Waals surface area contributed by atoms with Crippen molar-refractivity contribution in [1.29, 1.82) is 0 Å². The largest absolute Gasteiger partial charge is 0.484 e. The zero-order chi connectivity index (χ0) is 37.0. The maximum Gasteiger partial charge on any atom is 0.283 e. The third-order valence-electron chi connectivity index (χ3n) is 11.3. The Morgan fingerprint density at radius 2 is 1.21 bits per heavy atom. The Balaban J connectivity index is 1.07. The Hall–Kier alpha value is -7.24. The molecule has 3 heterocycles. The average Bonchev–Trinajstić information content (AvgIpc) is 3.82. The maximum atomic E-state index is 6.62. The fourth-order valence-corrected chi connectivity index (χ4v) is 8.55. The van der Waals surface area contributed by atoms with Crippen LogP contribution in [0.25, 0.3) is 49.7 Å². The third-order valence-corrected chi connectivity index (χ3v) is 11.3. The normalized spacial score (nSPS) is 18.2. The number of nitrogens with zero attached hydrogens (tertiary/aromatic N) is 2. The number of rotatable bonds is 6. The smallest absolute Gasteiger partial charge is 0.283 e. The van der Waals surface area contributed by atoms with Crippen LogP contribution in [0.2, 0.25) is 0 Å². The number of allylic oxidation sites excluding steroid dienone is 2. The summed E-state index contributed by atoms with van der Waals surface area (Å²) in [5.41, 5.74) is 12.4. The molecule has 0 amide bonds. The molecule has 0 fully saturated rings. The number of fused-ring (bicyclic) bond motifs is 6. The molecular weight excluding hydrogens is 685 g/mol. The van der Waals surface area contributed by atoms with Gasteiger partial charge in [-0.05, 0) is 83.4 Å². The number of ether oxygens (including phenoxy) is 1. The Morgan fingerprint density at radius 3 is 1.98 bits per heavy atom. The highest BCUT2D eigenvalue weighted by atomic mass is 16.5. The van der Waals surface area contributed by atoms with Gasteiger partial charge in [0, 0.05) is 44.6 Å². The molecule has 3 unspecified atom stereocenters. The molecule has 0 radical (unpaired) electrons. The van der Waals surface area contributed by atoms with E-state index in [1.807, 2.05) is 12.1 Å². The number of amidine groups is 2. The van der Waals surface area contributed by atoms with Gasteiger partial charge in [0.15, 0.2) is 0 Å². The van der Waals surface area contributed by atoms with E-state index in [2.05, 4.69) is 197 Å². The van der Waals surface area contributed by atoms with Crippen molar-refractivity contribution in [2.45, 2.75) is 18.2 Å². The molecule has 56 heavy (non-hydrogen) atoms. The van der Waals surface area contributed by atoms with Gasteiger partial charge in [0.2, 0.25) is 12.0 Å². The van der Waals surface area contributed by atoms with Crippen molar-refractivity contribution < 1.29 is 9.73 Å². The fourth-order valence-electron chi connectivity index (χ4n) is 8.55. The lowest BCUT2D eigenvalue weighted by Crippen LogP contribution is -2.80. The first-order valence-corrected chi connectivity index (χ1v) is 19.2. The zero-order valence-corrected chi connectivity index (χ0v) is 30.5. The van der Waals surface area contributed by atoms with Crippen LogP contribution in [0.3, 0.4) is 0 Å². The molecule has 1 aromatic heterocycles. The molecule has 0 saturated carbocycles. The van der Waals surface area contributed by atoms with E-state index in [1.54, 1.807) is 0 Å². The molecule has 3 atom stereocenters. The van der Waals surface area contributed by atoms with Crippen molar-refractivity contribution in [2.24, 2.45) is 4.99 Å². The molecule has 7 aromatic carbocycles. The second-order valence-electron chi connectivity index (χ2n) is 14.6. The second-order valence-corrected chi connectivity index (χ2v) is 14.6. The molecule has 0 saturated heterocycles. The molecule has 3 aliphatic rings. The number of aliphatic imine (C=N–C) groups is 1. The summed E-state index contributed by atoms with van der Waals surface area (Å²) in [6.45, 7) is 0. The summed E-state index contributed by atoms with van der Waals surface area (Å²) in [6.07, 6.45) is 8.36. The van der Waals surface area contributed by atoms with Crippen LogP contribution >= 0.6 is 0 Å². The highest BCUT2D eigenvalue weighted by Crippen LogP contribution is 2.47. The zero-order valence-electron chi connectivity index (χ0n) is 30.5. The molecule has 11 rings (SSSR count). The summed E-state index contributed by atoms with van der Waals surface area (Å²) < 4.78 is 9.02. The Morgan fingerprint density at radius 1 is 0.554 bits per heavy atom. The van der Waals surface area contributed by atoms with Gasteiger partial charge >= 0.3 is 0 Å². The summed E-state index contributed by atoms with van der Waals surface area (Å²) in [5, 5.41) is 5.97. The van der Waals surface area contributed by atoms with Gasteiger partial charge in [-0.15, -0.1) is 0 Å². The lowest BCUT2D eigenvalue weighted by molar-refractivity contribution is -0.510. The predicted molar refractivity (Wildman–Crippen MR) is 227 cm³/mol. The molecule has 0 spiro atoms. The molecule has 2 aliphatic heterocycles. The van der Waals surface area contributed by atoms with Gasteiger partial charge in [-0.2, -0.15) is 4.99 Å². The summed E-state index contributed by atoms with van der Waals surface area (Å²) in [5.74, 6) is 2.98. The highest BCUT2D eigenvalue weighted by Gasteiger charge is 2.34. The summed E-state index contributed by atoms with van der Waals surface area (Å²) in [7, 11) is 0. The van der Waals surface area contributed by atoms with Crippen LogP contribution in [-0.4, -0.2) is 22.3 Å². The molecule has 266 valence electrons. The van der Waals surface area contributed by atoms with Gasteiger partial charge < -0.3 is 9.30 Å². The van der Waals surface area contributed by atoms with Gasteiger partial charge in [-0.25, -0.2) is 10.3 Å². The SMILES string of the molecule is C1=CC2Oc3c(-c4ccc5c(c4)c4cc(-c6ccccc6)ccc4n5-c4cccc(C5N=C(c6ccccc6)NC(c6ccccc6)=[NH+]5)c4)cccc3C2C=C1. The van der Waals surface area contributed by atoms with Crippen molar-refractivity contribution in [3.63, 3.8) is 0 Å². The number of hydrogen-bond acceptors (Lipinski definition) is 3. The molecule has 1 aliphatic carbocycles. The average molecular weight is 722 g/mol. The minimum atomic E-state index is -0.306. The van der Waals surface area contributed by atoms with Crippen molar-refractivity contribution in [3.05, 3.63) is 216 Å². The van der Waals surface area contributed by atoms with Crippen LogP contribution in [0.15, 0.2) is 199 Å². The summed E-state index contributed by atoms with van der Waals surface area (Å²) in [4.78, 5) is 8.95. The number of hydrogen-bond donors (Lipinski definition) is 2. The van der Waals surface area contributed by atoms with Crippen molar-refractivity contribution in [2.75, 3.05) is 0 Å². The standard InChI is InChI=1S/C51H36N4O/c1-4-14-33(15-5-1)36-26-28-45-43(31-36)44-32-37(40-23-13-24-42-41-22-10-11-25-47(41)56-48(40)42)27-29-46(44)55(45)39-21-12-20-38(30-39)51-53-49(34-16-6-2-7-17-34)52-50(54-51)35-18-8-3-9-19-35/h1-32,41,47,51H,(H,52,53,54)/p+1. The second kappa shape index (κ2) is 13.3. The van der Waals surface area contributed by atoms with Crippen LogP contribution in [0.1, 0.15) is 34.3 Å².